The molecule has 0 radical (unpaired) electrons. The van der Waals surface area contributed by atoms with E-state index >= 15 is 0 Å². The molecule has 2 heteroatoms. The first-order valence-corrected chi connectivity index (χ1v) is 11.4. The van der Waals surface area contributed by atoms with Gasteiger partial charge in [0, 0.05) is 5.56 Å². The molecule has 0 heterocycles. The lowest BCUT2D eigenvalue weighted by Gasteiger charge is -2.14. The molecule has 0 bridgehead atoms. The van der Waals surface area contributed by atoms with Crippen LogP contribution in [0.2, 0.25) is 0 Å². The summed E-state index contributed by atoms with van der Waals surface area (Å²) in [6.45, 7) is 0.208. The molecule has 34 heavy (non-hydrogen) atoms. The Labute approximate surface area is 201 Å². The van der Waals surface area contributed by atoms with Gasteiger partial charge in [-0.05, 0) is 33.9 Å². The number of aliphatic hydroxyl groups excluding tert-OH is 1. The Morgan fingerprint density at radius 1 is 0.500 bits per heavy atom. The van der Waals surface area contributed by atoms with Crippen LogP contribution in [0.4, 0.5) is 0 Å². The second-order valence-corrected chi connectivity index (χ2v) is 7.78. The average Bonchev–Trinajstić information content (AvgIpc) is 2.90. The molecule has 0 aliphatic rings. The molecule has 0 aliphatic carbocycles. The van der Waals surface area contributed by atoms with Crippen molar-refractivity contribution >= 4 is 36.5 Å². The van der Waals surface area contributed by atoms with Crippen LogP contribution in [0.25, 0.3) is 36.5 Å². The molecule has 4 aromatic carbocycles. The Kier molecular flexibility index (Phi) is 8.26. The van der Waals surface area contributed by atoms with Crippen molar-refractivity contribution < 1.29 is 9.84 Å². The summed E-state index contributed by atoms with van der Waals surface area (Å²) >= 11 is 0. The maximum atomic E-state index is 9.34. The Hall–Kier alpha value is -4.14. The number of rotatable bonds is 9. The summed E-state index contributed by atoms with van der Waals surface area (Å²) in [5.74, 6) is 0.741. The molecule has 0 aromatic heterocycles. The van der Waals surface area contributed by atoms with Crippen LogP contribution in [0.1, 0.15) is 33.4 Å². The van der Waals surface area contributed by atoms with Gasteiger partial charge in [0.25, 0.3) is 0 Å². The zero-order valence-corrected chi connectivity index (χ0v) is 19.0. The normalized spacial score (nSPS) is 11.6. The first kappa shape index (κ1) is 23.0. The second kappa shape index (κ2) is 12.2. The number of benzene rings is 4. The van der Waals surface area contributed by atoms with E-state index in [0.717, 1.165) is 39.1 Å². The summed E-state index contributed by atoms with van der Waals surface area (Å²) in [6, 6.07) is 34.8. The molecule has 0 saturated heterocycles. The van der Waals surface area contributed by atoms with E-state index in [1.54, 1.807) is 0 Å². The Bertz CT molecular complexity index is 1250. The SMILES string of the molecule is OCCOc1ccc(C=Cc2ccccc2)c(C=Cc2ccccc2)c1C=Cc1ccccc1. The summed E-state index contributed by atoms with van der Waals surface area (Å²) in [5.41, 5.74) is 6.49. The quantitative estimate of drug-likeness (QED) is 0.270. The number of ether oxygens (including phenoxy) is 1. The van der Waals surface area contributed by atoms with Crippen molar-refractivity contribution in [3.63, 3.8) is 0 Å². The molecule has 0 saturated carbocycles. The van der Waals surface area contributed by atoms with Crippen molar-refractivity contribution in [2.24, 2.45) is 0 Å². The largest absolute Gasteiger partial charge is 0.491 e. The van der Waals surface area contributed by atoms with Gasteiger partial charge in [-0.15, -0.1) is 0 Å². The van der Waals surface area contributed by atoms with Crippen molar-refractivity contribution in [3.05, 3.63) is 137 Å². The van der Waals surface area contributed by atoms with Crippen molar-refractivity contribution in [2.45, 2.75) is 0 Å². The smallest absolute Gasteiger partial charge is 0.127 e. The second-order valence-electron chi connectivity index (χ2n) is 7.78. The first-order valence-electron chi connectivity index (χ1n) is 11.4. The minimum Gasteiger partial charge on any atom is -0.491 e. The molecule has 4 aromatic rings. The average molecular weight is 445 g/mol. The molecule has 0 spiro atoms. The Morgan fingerprint density at radius 3 is 1.47 bits per heavy atom. The van der Waals surface area contributed by atoms with Crippen molar-refractivity contribution in [1.29, 1.82) is 0 Å². The summed E-state index contributed by atoms with van der Waals surface area (Å²) in [5, 5.41) is 9.34. The summed E-state index contributed by atoms with van der Waals surface area (Å²) in [6.07, 6.45) is 12.7. The highest BCUT2D eigenvalue weighted by Gasteiger charge is 2.10. The molecule has 2 nitrogen and oxygen atoms in total. The molecule has 0 amide bonds. The monoisotopic (exact) mass is 444 g/mol. The van der Waals surface area contributed by atoms with Gasteiger partial charge < -0.3 is 9.84 Å². The Balaban J connectivity index is 1.82. The van der Waals surface area contributed by atoms with E-state index in [2.05, 4.69) is 78.9 Å². The van der Waals surface area contributed by atoms with E-state index in [0.29, 0.717) is 0 Å². The number of hydrogen-bond donors (Lipinski definition) is 1. The summed E-state index contributed by atoms with van der Waals surface area (Å²) in [7, 11) is 0. The first-order chi connectivity index (χ1) is 16.8. The molecule has 0 unspecified atom stereocenters. The van der Waals surface area contributed by atoms with Crippen LogP contribution < -0.4 is 4.74 Å². The molecule has 4 rings (SSSR count). The van der Waals surface area contributed by atoms with Gasteiger partial charge in [0.05, 0.1) is 6.61 Å². The number of hydrogen-bond acceptors (Lipinski definition) is 2. The highest BCUT2D eigenvalue weighted by atomic mass is 16.5. The van der Waals surface area contributed by atoms with Gasteiger partial charge in [0.2, 0.25) is 0 Å². The molecule has 0 atom stereocenters. The lowest BCUT2D eigenvalue weighted by molar-refractivity contribution is 0.201. The zero-order chi connectivity index (χ0) is 23.4. The topological polar surface area (TPSA) is 29.5 Å². The highest BCUT2D eigenvalue weighted by Crippen LogP contribution is 2.31. The van der Waals surface area contributed by atoms with Gasteiger partial charge in [-0.25, -0.2) is 0 Å². The predicted octanol–water partition coefficient (Wildman–Crippen LogP) is 7.57. The zero-order valence-electron chi connectivity index (χ0n) is 19.0. The van der Waals surface area contributed by atoms with E-state index in [1.807, 2.05) is 60.7 Å². The van der Waals surface area contributed by atoms with Gasteiger partial charge >= 0.3 is 0 Å². The van der Waals surface area contributed by atoms with Gasteiger partial charge in [0.1, 0.15) is 12.4 Å². The van der Waals surface area contributed by atoms with E-state index in [9.17, 15) is 5.11 Å². The molecule has 1 N–H and O–H groups in total. The van der Waals surface area contributed by atoms with Crippen LogP contribution in [0.15, 0.2) is 103 Å². The lowest BCUT2D eigenvalue weighted by atomic mass is 9.96. The van der Waals surface area contributed by atoms with Gasteiger partial charge in [-0.1, -0.05) is 134 Å². The molecule has 0 fully saturated rings. The van der Waals surface area contributed by atoms with Crippen molar-refractivity contribution in [3.8, 4) is 5.75 Å². The maximum Gasteiger partial charge on any atom is 0.127 e. The van der Waals surface area contributed by atoms with Crippen LogP contribution in [0.5, 0.6) is 5.75 Å². The fraction of sp³-hybridized carbons (Fsp3) is 0.0625. The van der Waals surface area contributed by atoms with E-state index in [-0.39, 0.29) is 13.2 Å². The highest BCUT2D eigenvalue weighted by molar-refractivity contribution is 5.87. The minimum atomic E-state index is -0.0350. The fourth-order valence-electron chi connectivity index (χ4n) is 3.66. The standard InChI is InChI=1S/C32H28O2/c33-24-25-34-32-23-20-29(19-16-26-10-4-1-5-11-26)30(21-17-27-12-6-2-7-13-27)31(32)22-18-28-14-8-3-9-15-28/h1-23,33H,24-25H2. The van der Waals surface area contributed by atoms with Crippen molar-refractivity contribution in [1.82, 2.24) is 0 Å². The number of aliphatic hydroxyl groups is 1. The third-order valence-electron chi connectivity index (χ3n) is 5.37. The lowest BCUT2D eigenvalue weighted by Crippen LogP contribution is -2.04. The van der Waals surface area contributed by atoms with E-state index in [4.69, 9.17) is 4.74 Å². The Morgan fingerprint density at radius 2 is 0.971 bits per heavy atom. The molecular formula is C32H28O2. The van der Waals surface area contributed by atoms with Crippen LogP contribution in [0, 0.1) is 0 Å². The van der Waals surface area contributed by atoms with Crippen LogP contribution in [-0.4, -0.2) is 18.3 Å². The predicted molar refractivity (Wildman–Crippen MR) is 145 cm³/mol. The minimum absolute atomic E-state index is 0.0350. The molecule has 0 aliphatic heterocycles. The van der Waals surface area contributed by atoms with Crippen molar-refractivity contribution in [2.75, 3.05) is 13.2 Å². The van der Waals surface area contributed by atoms with Gasteiger partial charge in [-0.3, -0.25) is 0 Å². The van der Waals surface area contributed by atoms with Gasteiger partial charge in [0.15, 0.2) is 0 Å². The van der Waals surface area contributed by atoms with E-state index < -0.39 is 0 Å². The van der Waals surface area contributed by atoms with Gasteiger partial charge in [-0.2, -0.15) is 0 Å². The maximum absolute atomic E-state index is 9.34. The third kappa shape index (κ3) is 6.44. The summed E-state index contributed by atoms with van der Waals surface area (Å²) in [4.78, 5) is 0. The van der Waals surface area contributed by atoms with Crippen LogP contribution in [-0.2, 0) is 0 Å². The fourth-order valence-corrected chi connectivity index (χ4v) is 3.66. The third-order valence-corrected chi connectivity index (χ3v) is 5.37. The van der Waals surface area contributed by atoms with E-state index in [1.165, 1.54) is 0 Å². The van der Waals surface area contributed by atoms with Crippen LogP contribution >= 0.6 is 0 Å². The summed E-state index contributed by atoms with van der Waals surface area (Å²) < 4.78 is 5.93. The molecular weight excluding hydrogens is 416 g/mol. The molecule has 168 valence electrons. The van der Waals surface area contributed by atoms with Crippen LogP contribution in [0.3, 0.4) is 0 Å².